The Morgan fingerprint density at radius 2 is 1.96 bits per heavy atom. The molecule has 3 N–H and O–H groups in total. The summed E-state index contributed by atoms with van der Waals surface area (Å²) in [6, 6.07) is 10.9. The van der Waals surface area contributed by atoms with Gasteiger partial charge in [-0.15, -0.1) is 0 Å². The lowest BCUT2D eigenvalue weighted by Crippen LogP contribution is -2.23. The van der Waals surface area contributed by atoms with Crippen LogP contribution in [-0.2, 0) is 6.42 Å². The van der Waals surface area contributed by atoms with E-state index < -0.39 is 0 Å². The minimum absolute atomic E-state index is 0.523. The molecule has 3 aromatic rings. The van der Waals surface area contributed by atoms with Crippen LogP contribution in [0.1, 0.15) is 37.7 Å². The van der Waals surface area contributed by atoms with E-state index in [0.717, 1.165) is 24.7 Å². The lowest BCUT2D eigenvalue weighted by molar-refractivity contribution is 0.461. The van der Waals surface area contributed by atoms with Crippen LogP contribution in [0.4, 0.5) is 11.8 Å². The van der Waals surface area contributed by atoms with Crippen molar-refractivity contribution in [3.05, 3.63) is 48.3 Å². The second-order valence-electron chi connectivity index (χ2n) is 6.78. The molecule has 0 unspecified atom stereocenters. The highest BCUT2D eigenvalue weighted by Crippen LogP contribution is 2.21. The zero-order chi connectivity index (χ0) is 16.9. The molecule has 0 radical (unpaired) electrons. The maximum absolute atomic E-state index is 4.61. The molecule has 0 bridgehead atoms. The third-order valence-electron chi connectivity index (χ3n) is 4.97. The minimum atomic E-state index is 0.523. The Hall–Kier alpha value is -2.56. The van der Waals surface area contributed by atoms with Gasteiger partial charge in [0.15, 0.2) is 0 Å². The lowest BCUT2D eigenvalue weighted by atomic mass is 9.96. The highest BCUT2D eigenvalue weighted by atomic mass is 15.1. The molecule has 5 nitrogen and oxygen atoms in total. The predicted octanol–water partition coefficient (Wildman–Crippen LogP) is 4.36. The predicted molar refractivity (Wildman–Crippen MR) is 103 cm³/mol. The summed E-state index contributed by atoms with van der Waals surface area (Å²) in [6.45, 7) is 0.849. The Labute approximate surface area is 148 Å². The Kier molecular flexibility index (Phi) is 4.81. The zero-order valence-corrected chi connectivity index (χ0v) is 14.5. The first-order valence-electron chi connectivity index (χ1n) is 9.27. The number of para-hydroxylation sites is 1. The fourth-order valence-corrected chi connectivity index (χ4v) is 3.62. The molecule has 1 aliphatic rings. The van der Waals surface area contributed by atoms with Crippen molar-refractivity contribution >= 4 is 22.7 Å². The van der Waals surface area contributed by atoms with Crippen molar-refractivity contribution in [3.8, 4) is 0 Å². The summed E-state index contributed by atoms with van der Waals surface area (Å²) in [5.74, 6) is 1.62. The Morgan fingerprint density at radius 1 is 1.08 bits per heavy atom. The molecule has 2 heterocycles. The summed E-state index contributed by atoms with van der Waals surface area (Å²) in [7, 11) is 0. The average molecular weight is 335 g/mol. The number of nitrogens with zero attached hydrogens (tertiary/aromatic N) is 2. The highest BCUT2D eigenvalue weighted by Gasteiger charge is 2.14. The van der Waals surface area contributed by atoms with E-state index in [1.54, 1.807) is 0 Å². The number of benzene rings is 1. The normalized spacial score (nSPS) is 15.4. The Balaban J connectivity index is 1.34. The number of hydrogen-bond donors (Lipinski definition) is 3. The highest BCUT2D eigenvalue weighted by molar-refractivity contribution is 5.83. The van der Waals surface area contributed by atoms with Gasteiger partial charge in [-0.25, -0.2) is 4.98 Å². The SMILES string of the molecule is c1ccc2c(CCNc3ccnc(NC4CCCCC4)n3)c[nH]c2c1. The summed E-state index contributed by atoms with van der Waals surface area (Å²) >= 11 is 0. The van der Waals surface area contributed by atoms with Gasteiger partial charge < -0.3 is 15.6 Å². The van der Waals surface area contributed by atoms with E-state index in [2.05, 4.69) is 56.0 Å². The fourth-order valence-electron chi connectivity index (χ4n) is 3.62. The topological polar surface area (TPSA) is 65.6 Å². The van der Waals surface area contributed by atoms with Crippen molar-refractivity contribution in [2.75, 3.05) is 17.2 Å². The molecule has 1 aromatic carbocycles. The van der Waals surface area contributed by atoms with Crippen molar-refractivity contribution < 1.29 is 0 Å². The molecule has 5 heteroatoms. The third-order valence-corrected chi connectivity index (χ3v) is 4.97. The average Bonchev–Trinajstić information content (AvgIpc) is 3.06. The number of aromatic nitrogens is 3. The summed E-state index contributed by atoms with van der Waals surface area (Å²) in [5, 5.41) is 8.20. The van der Waals surface area contributed by atoms with Crippen LogP contribution in [0.15, 0.2) is 42.7 Å². The smallest absolute Gasteiger partial charge is 0.224 e. The molecular weight excluding hydrogens is 310 g/mol. The first-order valence-corrected chi connectivity index (χ1v) is 9.27. The van der Waals surface area contributed by atoms with Crippen LogP contribution in [0, 0.1) is 0 Å². The molecule has 0 spiro atoms. The Bertz CT molecular complexity index is 820. The molecule has 4 rings (SSSR count). The van der Waals surface area contributed by atoms with Gasteiger partial charge in [0, 0.05) is 35.9 Å². The molecule has 2 aromatic heterocycles. The third kappa shape index (κ3) is 3.92. The number of hydrogen-bond acceptors (Lipinski definition) is 4. The standard InChI is InChI=1S/C20H25N5/c1-2-6-16(7-3-1)24-20-22-13-11-19(25-20)21-12-10-15-14-23-18-9-5-4-8-17(15)18/h4-5,8-9,11,13-14,16,23H,1-3,6-7,10,12H2,(H2,21,22,24,25). The van der Waals surface area contributed by atoms with Crippen LogP contribution in [-0.4, -0.2) is 27.5 Å². The maximum atomic E-state index is 4.61. The van der Waals surface area contributed by atoms with Crippen LogP contribution in [0.2, 0.25) is 0 Å². The van der Waals surface area contributed by atoms with Crippen LogP contribution in [0.3, 0.4) is 0 Å². The minimum Gasteiger partial charge on any atom is -0.370 e. The van der Waals surface area contributed by atoms with E-state index in [0.29, 0.717) is 6.04 Å². The largest absolute Gasteiger partial charge is 0.370 e. The summed E-state index contributed by atoms with van der Waals surface area (Å²) < 4.78 is 0. The zero-order valence-electron chi connectivity index (χ0n) is 14.5. The van der Waals surface area contributed by atoms with Crippen LogP contribution >= 0.6 is 0 Å². The monoisotopic (exact) mass is 335 g/mol. The first kappa shape index (κ1) is 15.9. The number of aromatic amines is 1. The van der Waals surface area contributed by atoms with Gasteiger partial charge >= 0.3 is 0 Å². The molecule has 0 atom stereocenters. The van der Waals surface area contributed by atoms with Gasteiger partial charge in [0.1, 0.15) is 5.82 Å². The Morgan fingerprint density at radius 3 is 2.88 bits per heavy atom. The van der Waals surface area contributed by atoms with E-state index in [4.69, 9.17) is 0 Å². The molecule has 1 saturated carbocycles. The number of fused-ring (bicyclic) bond motifs is 1. The number of rotatable bonds is 6. The summed E-state index contributed by atoms with van der Waals surface area (Å²) in [6.07, 6.45) is 11.3. The molecule has 0 saturated heterocycles. The second kappa shape index (κ2) is 7.55. The lowest BCUT2D eigenvalue weighted by Gasteiger charge is -2.22. The van der Waals surface area contributed by atoms with E-state index in [1.165, 1.54) is 48.6 Å². The van der Waals surface area contributed by atoms with Gasteiger partial charge in [0.05, 0.1) is 0 Å². The van der Waals surface area contributed by atoms with E-state index >= 15 is 0 Å². The van der Waals surface area contributed by atoms with Gasteiger partial charge in [0.2, 0.25) is 5.95 Å². The van der Waals surface area contributed by atoms with E-state index in [1.807, 2.05) is 12.3 Å². The van der Waals surface area contributed by atoms with Crippen molar-refractivity contribution in [2.45, 2.75) is 44.6 Å². The number of anilines is 2. The molecule has 1 aliphatic carbocycles. The van der Waals surface area contributed by atoms with Gasteiger partial charge in [0.25, 0.3) is 0 Å². The summed E-state index contributed by atoms with van der Waals surface area (Å²) in [5.41, 5.74) is 2.52. The number of H-pyrrole nitrogens is 1. The van der Waals surface area contributed by atoms with Gasteiger partial charge in [-0.05, 0) is 37.0 Å². The molecule has 25 heavy (non-hydrogen) atoms. The van der Waals surface area contributed by atoms with Crippen molar-refractivity contribution in [1.29, 1.82) is 0 Å². The van der Waals surface area contributed by atoms with Gasteiger partial charge in [-0.1, -0.05) is 37.5 Å². The quantitative estimate of drug-likeness (QED) is 0.626. The fraction of sp³-hybridized carbons (Fsp3) is 0.400. The molecular formula is C20H25N5. The van der Waals surface area contributed by atoms with Crippen LogP contribution in [0.5, 0.6) is 0 Å². The summed E-state index contributed by atoms with van der Waals surface area (Å²) in [4.78, 5) is 12.3. The van der Waals surface area contributed by atoms with Gasteiger partial charge in [-0.3, -0.25) is 0 Å². The number of nitrogens with one attached hydrogen (secondary N) is 3. The van der Waals surface area contributed by atoms with Crippen LogP contribution in [0.25, 0.3) is 10.9 Å². The molecule has 0 amide bonds. The molecule has 0 aliphatic heterocycles. The molecule has 130 valence electrons. The maximum Gasteiger partial charge on any atom is 0.224 e. The van der Waals surface area contributed by atoms with Crippen molar-refractivity contribution in [3.63, 3.8) is 0 Å². The van der Waals surface area contributed by atoms with Crippen LogP contribution < -0.4 is 10.6 Å². The second-order valence-corrected chi connectivity index (χ2v) is 6.78. The molecule has 1 fully saturated rings. The van der Waals surface area contributed by atoms with E-state index in [9.17, 15) is 0 Å². The van der Waals surface area contributed by atoms with Crippen molar-refractivity contribution in [2.24, 2.45) is 0 Å². The first-order chi connectivity index (χ1) is 12.4. The van der Waals surface area contributed by atoms with Gasteiger partial charge in [-0.2, -0.15) is 4.98 Å². The van der Waals surface area contributed by atoms with Crippen molar-refractivity contribution in [1.82, 2.24) is 15.0 Å². The van der Waals surface area contributed by atoms with E-state index in [-0.39, 0.29) is 0 Å².